The van der Waals surface area contributed by atoms with E-state index >= 15 is 0 Å². The van der Waals surface area contributed by atoms with Gasteiger partial charge in [-0.3, -0.25) is 0 Å². The van der Waals surface area contributed by atoms with E-state index in [0.717, 1.165) is 21.8 Å². The highest BCUT2D eigenvalue weighted by atomic mass is 79.9. The number of benzene rings is 1. The topological polar surface area (TPSA) is 23.8 Å². The van der Waals surface area contributed by atoms with Crippen LogP contribution >= 0.6 is 27.3 Å². The monoisotopic (exact) mass is 265 g/mol. The van der Waals surface area contributed by atoms with Gasteiger partial charge in [-0.05, 0) is 18.1 Å². The molecule has 14 heavy (non-hydrogen) atoms. The smallest absolute Gasteiger partial charge is 0.101 e. The van der Waals surface area contributed by atoms with Crippen molar-refractivity contribution >= 4 is 37.4 Å². The number of thiophene rings is 1. The molecule has 1 heterocycles. The molecule has 0 bridgehead atoms. The Bertz CT molecular complexity index is 522. The van der Waals surface area contributed by atoms with E-state index in [0.29, 0.717) is 0 Å². The quantitative estimate of drug-likeness (QED) is 0.762. The number of aryl methyl sites for hydroxylation is 1. The Labute approximate surface area is 95.1 Å². The summed E-state index contributed by atoms with van der Waals surface area (Å²) < 4.78 is 2.37. The molecule has 0 radical (unpaired) electrons. The standard InChI is InChI=1S/C11H8BrNS/c1-2-8-10(12)4-3-9-7(5-13)6-14-11(8)9/h3-4,6H,2H2,1H3. The van der Waals surface area contributed by atoms with Crippen molar-refractivity contribution in [3.8, 4) is 6.07 Å². The molecule has 0 unspecified atom stereocenters. The Morgan fingerprint density at radius 3 is 2.93 bits per heavy atom. The molecule has 0 fully saturated rings. The van der Waals surface area contributed by atoms with Gasteiger partial charge in [0.25, 0.3) is 0 Å². The zero-order chi connectivity index (χ0) is 10.1. The molecule has 0 N–H and O–H groups in total. The van der Waals surface area contributed by atoms with Crippen LogP contribution in [0.25, 0.3) is 10.1 Å². The molecule has 2 aromatic rings. The number of fused-ring (bicyclic) bond motifs is 1. The molecule has 1 nitrogen and oxygen atoms in total. The number of nitrogens with zero attached hydrogens (tertiary/aromatic N) is 1. The minimum atomic E-state index is 0.784. The molecule has 0 aliphatic carbocycles. The predicted molar refractivity (Wildman–Crippen MR) is 63.6 cm³/mol. The van der Waals surface area contributed by atoms with Crippen LogP contribution in [0, 0.1) is 11.3 Å². The molecule has 1 aromatic carbocycles. The summed E-state index contributed by atoms with van der Waals surface area (Å²) in [5.41, 5.74) is 2.08. The van der Waals surface area contributed by atoms with E-state index in [9.17, 15) is 0 Å². The van der Waals surface area contributed by atoms with Crippen LogP contribution in [0.15, 0.2) is 22.0 Å². The minimum Gasteiger partial charge on any atom is -0.192 e. The summed E-state index contributed by atoms with van der Waals surface area (Å²) in [7, 11) is 0. The summed E-state index contributed by atoms with van der Waals surface area (Å²) in [4.78, 5) is 0. The summed E-state index contributed by atoms with van der Waals surface area (Å²) >= 11 is 5.18. The molecule has 0 aliphatic heterocycles. The van der Waals surface area contributed by atoms with Crippen molar-refractivity contribution in [2.45, 2.75) is 13.3 Å². The highest BCUT2D eigenvalue weighted by Gasteiger charge is 2.09. The Hall–Kier alpha value is -0.850. The molecule has 0 saturated carbocycles. The van der Waals surface area contributed by atoms with Gasteiger partial charge < -0.3 is 0 Å². The number of halogens is 1. The van der Waals surface area contributed by atoms with Crippen LogP contribution in [0.4, 0.5) is 0 Å². The second kappa shape index (κ2) is 3.72. The van der Waals surface area contributed by atoms with Crippen molar-refractivity contribution in [1.29, 1.82) is 5.26 Å². The zero-order valence-electron chi connectivity index (χ0n) is 7.67. The van der Waals surface area contributed by atoms with Gasteiger partial charge in [-0.2, -0.15) is 5.26 Å². The van der Waals surface area contributed by atoms with Crippen LogP contribution in [0.1, 0.15) is 18.1 Å². The zero-order valence-corrected chi connectivity index (χ0v) is 10.1. The number of rotatable bonds is 1. The molecule has 3 heteroatoms. The van der Waals surface area contributed by atoms with Crippen molar-refractivity contribution in [2.75, 3.05) is 0 Å². The lowest BCUT2D eigenvalue weighted by molar-refractivity contribution is 1.15. The third-order valence-electron chi connectivity index (χ3n) is 2.26. The maximum atomic E-state index is 8.90. The average Bonchev–Trinajstić information content (AvgIpc) is 2.60. The molecule has 70 valence electrons. The Morgan fingerprint density at radius 2 is 2.29 bits per heavy atom. The van der Waals surface area contributed by atoms with Gasteiger partial charge in [0.15, 0.2) is 0 Å². The van der Waals surface area contributed by atoms with Gasteiger partial charge in [0, 0.05) is 19.9 Å². The van der Waals surface area contributed by atoms with Gasteiger partial charge >= 0.3 is 0 Å². The van der Waals surface area contributed by atoms with Crippen LogP contribution < -0.4 is 0 Å². The van der Waals surface area contributed by atoms with Crippen molar-refractivity contribution in [3.63, 3.8) is 0 Å². The van der Waals surface area contributed by atoms with E-state index in [4.69, 9.17) is 5.26 Å². The first-order valence-electron chi connectivity index (χ1n) is 4.36. The van der Waals surface area contributed by atoms with Gasteiger partial charge in [-0.15, -0.1) is 11.3 Å². The summed E-state index contributed by atoms with van der Waals surface area (Å²) in [6.07, 6.45) is 0.989. The van der Waals surface area contributed by atoms with Crippen LogP contribution in [-0.4, -0.2) is 0 Å². The third-order valence-corrected chi connectivity index (χ3v) is 4.06. The van der Waals surface area contributed by atoms with Crippen LogP contribution in [0.5, 0.6) is 0 Å². The summed E-state index contributed by atoms with van der Waals surface area (Å²) in [5, 5.41) is 11.9. The molecule has 0 amide bonds. The first-order chi connectivity index (χ1) is 6.77. The summed E-state index contributed by atoms with van der Waals surface area (Å²) in [6, 6.07) is 6.25. The summed E-state index contributed by atoms with van der Waals surface area (Å²) in [5.74, 6) is 0. The van der Waals surface area contributed by atoms with Gasteiger partial charge in [0.05, 0.1) is 5.56 Å². The maximum Gasteiger partial charge on any atom is 0.101 e. The number of nitriles is 1. The van der Waals surface area contributed by atoms with Crippen molar-refractivity contribution in [1.82, 2.24) is 0 Å². The van der Waals surface area contributed by atoms with Crippen molar-refractivity contribution in [3.05, 3.63) is 33.1 Å². The first-order valence-corrected chi connectivity index (χ1v) is 6.04. The fraction of sp³-hybridized carbons (Fsp3) is 0.182. The predicted octanol–water partition coefficient (Wildman–Crippen LogP) is 4.10. The lowest BCUT2D eigenvalue weighted by atomic mass is 10.1. The highest BCUT2D eigenvalue weighted by Crippen LogP contribution is 2.33. The molecule has 1 aromatic heterocycles. The lowest BCUT2D eigenvalue weighted by Gasteiger charge is -2.02. The molecule has 2 rings (SSSR count). The molecule has 0 spiro atoms. The summed E-state index contributed by atoms with van der Waals surface area (Å²) in [6.45, 7) is 2.13. The van der Waals surface area contributed by atoms with E-state index in [2.05, 4.69) is 28.9 Å². The Balaban J connectivity index is 2.85. The molecular formula is C11H8BrNS. The largest absolute Gasteiger partial charge is 0.192 e. The molecule has 0 aliphatic rings. The van der Waals surface area contributed by atoms with Gasteiger partial charge in [-0.1, -0.05) is 28.9 Å². The van der Waals surface area contributed by atoms with Gasteiger partial charge in [0.2, 0.25) is 0 Å². The second-order valence-electron chi connectivity index (χ2n) is 3.02. The second-order valence-corrected chi connectivity index (χ2v) is 4.75. The SMILES string of the molecule is CCc1c(Br)ccc2c(C#N)csc12. The molecule has 0 atom stereocenters. The first kappa shape index (κ1) is 9.70. The fourth-order valence-electron chi connectivity index (χ4n) is 1.55. The minimum absolute atomic E-state index is 0.784. The van der Waals surface area contributed by atoms with E-state index in [1.165, 1.54) is 10.3 Å². The Morgan fingerprint density at radius 1 is 1.50 bits per heavy atom. The lowest BCUT2D eigenvalue weighted by Crippen LogP contribution is -1.82. The average molecular weight is 266 g/mol. The van der Waals surface area contributed by atoms with Crippen LogP contribution in [0.3, 0.4) is 0 Å². The van der Waals surface area contributed by atoms with Gasteiger partial charge in [-0.25, -0.2) is 0 Å². The van der Waals surface area contributed by atoms with Gasteiger partial charge in [0.1, 0.15) is 6.07 Å². The van der Waals surface area contributed by atoms with Crippen LogP contribution in [-0.2, 0) is 6.42 Å². The van der Waals surface area contributed by atoms with E-state index in [1.54, 1.807) is 11.3 Å². The maximum absolute atomic E-state index is 8.90. The van der Waals surface area contributed by atoms with E-state index in [1.807, 2.05) is 17.5 Å². The Kier molecular flexibility index (Phi) is 2.58. The van der Waals surface area contributed by atoms with Crippen LogP contribution in [0.2, 0.25) is 0 Å². The third kappa shape index (κ3) is 1.35. The molecular weight excluding hydrogens is 258 g/mol. The highest BCUT2D eigenvalue weighted by molar-refractivity contribution is 9.10. The van der Waals surface area contributed by atoms with E-state index in [-0.39, 0.29) is 0 Å². The number of hydrogen-bond acceptors (Lipinski definition) is 2. The molecule has 0 saturated heterocycles. The van der Waals surface area contributed by atoms with Crippen molar-refractivity contribution < 1.29 is 0 Å². The number of hydrogen-bond donors (Lipinski definition) is 0. The normalized spacial score (nSPS) is 10.4. The fourth-order valence-corrected chi connectivity index (χ4v) is 3.41. The van der Waals surface area contributed by atoms with Crippen molar-refractivity contribution in [2.24, 2.45) is 0 Å². The van der Waals surface area contributed by atoms with E-state index < -0.39 is 0 Å².